The molecule has 0 bridgehead atoms. The van der Waals surface area contributed by atoms with Crippen molar-refractivity contribution >= 4 is 11.9 Å². The molecule has 1 aromatic heterocycles. The van der Waals surface area contributed by atoms with Crippen LogP contribution in [0.25, 0.3) is 0 Å². The third kappa shape index (κ3) is 2.75. The molecule has 0 aliphatic carbocycles. The van der Waals surface area contributed by atoms with Crippen molar-refractivity contribution in [2.24, 2.45) is 5.92 Å². The Kier molecular flexibility index (Phi) is 3.92. The number of esters is 1. The molecule has 1 amide bonds. The number of aromatic amines is 1. The van der Waals surface area contributed by atoms with Crippen LogP contribution in [0, 0.1) is 5.92 Å². The Hall–Kier alpha value is -1.99. The van der Waals surface area contributed by atoms with Crippen molar-refractivity contribution in [2.75, 3.05) is 7.11 Å². The molecule has 2 N–H and O–H groups in total. The lowest BCUT2D eigenvalue weighted by atomic mass is 10.0. The summed E-state index contributed by atoms with van der Waals surface area (Å²) in [5, 5.41) is 14.9. The van der Waals surface area contributed by atoms with E-state index >= 15 is 0 Å². The molecule has 0 aromatic carbocycles. The highest BCUT2D eigenvalue weighted by Gasteiger charge is 2.26. The van der Waals surface area contributed by atoms with E-state index in [0.717, 1.165) is 0 Å². The van der Waals surface area contributed by atoms with Gasteiger partial charge in [0.05, 0.1) is 7.11 Å². The van der Waals surface area contributed by atoms with Crippen LogP contribution >= 0.6 is 0 Å². The Morgan fingerprint density at radius 2 is 2.12 bits per heavy atom. The van der Waals surface area contributed by atoms with Crippen LogP contribution in [0.2, 0.25) is 0 Å². The molecule has 1 atom stereocenters. The summed E-state index contributed by atoms with van der Waals surface area (Å²) < 4.78 is 4.57. The second kappa shape index (κ2) is 5.19. The van der Waals surface area contributed by atoms with E-state index in [9.17, 15) is 9.59 Å². The minimum absolute atomic E-state index is 0.0942. The second-order valence-corrected chi connectivity index (χ2v) is 3.45. The van der Waals surface area contributed by atoms with Crippen molar-refractivity contribution in [1.29, 1.82) is 0 Å². The number of hydrogen-bond donors (Lipinski definition) is 2. The number of amides is 1. The standard InChI is InChI=1S/C8H13N5O3/c1-4(2)5(8(15)16-3)9-7(14)6-10-12-13-11-6/h4-5H,1-3H3,(H,9,14)(H,10,11,12,13). The first-order valence-electron chi connectivity index (χ1n) is 4.68. The third-order valence-electron chi connectivity index (χ3n) is 1.96. The monoisotopic (exact) mass is 227 g/mol. The fourth-order valence-corrected chi connectivity index (χ4v) is 1.09. The van der Waals surface area contributed by atoms with E-state index in [4.69, 9.17) is 0 Å². The zero-order valence-electron chi connectivity index (χ0n) is 9.22. The first-order valence-corrected chi connectivity index (χ1v) is 4.68. The van der Waals surface area contributed by atoms with Gasteiger partial charge >= 0.3 is 5.97 Å². The summed E-state index contributed by atoms with van der Waals surface area (Å²) in [6, 6.07) is -0.726. The van der Waals surface area contributed by atoms with Crippen LogP contribution in [0.1, 0.15) is 24.5 Å². The van der Waals surface area contributed by atoms with Crippen LogP contribution in [0.15, 0.2) is 0 Å². The van der Waals surface area contributed by atoms with Gasteiger partial charge in [-0.05, 0) is 11.1 Å². The number of carbonyl (C=O) groups is 2. The van der Waals surface area contributed by atoms with Gasteiger partial charge in [0.1, 0.15) is 6.04 Å². The highest BCUT2D eigenvalue weighted by molar-refractivity contribution is 5.93. The molecule has 0 spiro atoms. The lowest BCUT2D eigenvalue weighted by Gasteiger charge is -2.18. The van der Waals surface area contributed by atoms with Gasteiger partial charge in [-0.1, -0.05) is 13.8 Å². The van der Waals surface area contributed by atoms with Gasteiger partial charge in [-0.3, -0.25) is 4.79 Å². The average Bonchev–Trinajstić information content (AvgIpc) is 2.77. The number of H-pyrrole nitrogens is 1. The highest BCUT2D eigenvalue weighted by Crippen LogP contribution is 2.04. The van der Waals surface area contributed by atoms with E-state index in [0.29, 0.717) is 0 Å². The van der Waals surface area contributed by atoms with Crippen LogP contribution in [0.4, 0.5) is 0 Å². The molecule has 0 aliphatic rings. The summed E-state index contributed by atoms with van der Waals surface area (Å²) in [5.74, 6) is -1.29. The molecule has 0 aliphatic heterocycles. The zero-order valence-corrected chi connectivity index (χ0v) is 9.22. The molecule has 0 radical (unpaired) electrons. The van der Waals surface area contributed by atoms with Crippen LogP contribution in [0.5, 0.6) is 0 Å². The quantitative estimate of drug-likeness (QED) is 0.647. The molecule has 1 unspecified atom stereocenters. The number of methoxy groups -OCH3 is 1. The fourth-order valence-electron chi connectivity index (χ4n) is 1.09. The van der Waals surface area contributed by atoms with Gasteiger partial charge in [0.15, 0.2) is 0 Å². The molecular weight excluding hydrogens is 214 g/mol. The Morgan fingerprint density at radius 1 is 1.44 bits per heavy atom. The minimum Gasteiger partial charge on any atom is -0.467 e. The number of nitrogens with zero attached hydrogens (tertiary/aromatic N) is 3. The lowest BCUT2D eigenvalue weighted by Crippen LogP contribution is -2.45. The van der Waals surface area contributed by atoms with Crippen LogP contribution < -0.4 is 5.32 Å². The van der Waals surface area contributed by atoms with E-state index in [1.54, 1.807) is 13.8 Å². The Labute approximate surface area is 91.7 Å². The molecule has 1 aromatic rings. The Morgan fingerprint density at radius 3 is 2.56 bits per heavy atom. The second-order valence-electron chi connectivity index (χ2n) is 3.45. The summed E-state index contributed by atoms with van der Waals surface area (Å²) in [4.78, 5) is 22.9. The predicted octanol–water partition coefficient (Wildman–Crippen LogP) is -0.873. The summed E-state index contributed by atoms with van der Waals surface area (Å²) >= 11 is 0. The first-order chi connectivity index (χ1) is 7.56. The minimum atomic E-state index is -0.726. The van der Waals surface area contributed by atoms with Crippen molar-refractivity contribution in [2.45, 2.75) is 19.9 Å². The van der Waals surface area contributed by atoms with Gasteiger partial charge in [0.2, 0.25) is 0 Å². The van der Waals surface area contributed by atoms with Crippen LogP contribution in [0.3, 0.4) is 0 Å². The van der Waals surface area contributed by atoms with Crippen LogP contribution in [-0.2, 0) is 9.53 Å². The number of nitrogens with one attached hydrogen (secondary N) is 2. The van der Waals surface area contributed by atoms with Gasteiger partial charge in [-0.15, -0.1) is 10.2 Å². The predicted molar refractivity (Wildman–Crippen MR) is 52.3 cm³/mol. The van der Waals surface area contributed by atoms with Crippen molar-refractivity contribution in [3.05, 3.63) is 5.82 Å². The van der Waals surface area contributed by atoms with E-state index < -0.39 is 17.9 Å². The van der Waals surface area contributed by atoms with Gasteiger partial charge in [0.25, 0.3) is 11.7 Å². The van der Waals surface area contributed by atoms with Gasteiger partial charge in [0, 0.05) is 0 Å². The van der Waals surface area contributed by atoms with Crippen LogP contribution in [-0.4, -0.2) is 45.7 Å². The molecule has 1 rings (SSSR count). The van der Waals surface area contributed by atoms with Gasteiger partial charge < -0.3 is 10.1 Å². The van der Waals surface area contributed by atoms with E-state index in [-0.39, 0.29) is 11.7 Å². The Balaban J connectivity index is 2.69. The molecule has 88 valence electrons. The SMILES string of the molecule is COC(=O)C(NC(=O)c1nn[nH]n1)C(C)C. The summed E-state index contributed by atoms with van der Waals surface area (Å²) in [6.07, 6.45) is 0. The number of hydrogen-bond acceptors (Lipinski definition) is 6. The maximum Gasteiger partial charge on any atom is 0.328 e. The van der Waals surface area contributed by atoms with E-state index in [1.165, 1.54) is 7.11 Å². The fraction of sp³-hybridized carbons (Fsp3) is 0.625. The van der Waals surface area contributed by atoms with Crippen molar-refractivity contribution in [3.63, 3.8) is 0 Å². The number of rotatable bonds is 4. The number of carbonyl (C=O) groups excluding carboxylic acids is 2. The number of aromatic nitrogens is 4. The lowest BCUT2D eigenvalue weighted by molar-refractivity contribution is -0.144. The normalized spacial score (nSPS) is 12.2. The summed E-state index contributed by atoms with van der Waals surface area (Å²) in [7, 11) is 1.26. The maximum absolute atomic E-state index is 11.5. The van der Waals surface area contributed by atoms with E-state index in [2.05, 4.69) is 30.7 Å². The largest absolute Gasteiger partial charge is 0.467 e. The third-order valence-corrected chi connectivity index (χ3v) is 1.96. The maximum atomic E-state index is 11.5. The molecule has 0 saturated heterocycles. The van der Waals surface area contributed by atoms with Crippen molar-refractivity contribution in [1.82, 2.24) is 25.9 Å². The molecule has 8 heteroatoms. The van der Waals surface area contributed by atoms with Gasteiger partial charge in [-0.2, -0.15) is 5.21 Å². The summed E-state index contributed by atoms with van der Waals surface area (Å²) in [5.41, 5.74) is 0. The van der Waals surface area contributed by atoms with Crippen molar-refractivity contribution < 1.29 is 14.3 Å². The number of tetrazole rings is 1. The molecule has 1 heterocycles. The molecule has 16 heavy (non-hydrogen) atoms. The van der Waals surface area contributed by atoms with Crippen molar-refractivity contribution in [3.8, 4) is 0 Å². The summed E-state index contributed by atoms with van der Waals surface area (Å²) in [6.45, 7) is 3.58. The molecule has 8 nitrogen and oxygen atoms in total. The first kappa shape index (κ1) is 12.1. The average molecular weight is 227 g/mol. The molecular formula is C8H13N5O3. The highest BCUT2D eigenvalue weighted by atomic mass is 16.5. The van der Waals surface area contributed by atoms with E-state index in [1.807, 2.05) is 0 Å². The zero-order chi connectivity index (χ0) is 12.1. The Bertz CT molecular complexity index is 362. The number of ether oxygens (including phenoxy) is 1. The molecule has 0 saturated carbocycles. The topological polar surface area (TPSA) is 110 Å². The molecule has 0 fully saturated rings. The van der Waals surface area contributed by atoms with Gasteiger partial charge in [-0.25, -0.2) is 4.79 Å². The smallest absolute Gasteiger partial charge is 0.328 e.